The van der Waals surface area contributed by atoms with Crippen LogP contribution in [0.15, 0.2) is 48.9 Å². The molecule has 27 heavy (non-hydrogen) atoms. The third kappa shape index (κ3) is 4.67. The first-order valence-corrected chi connectivity index (χ1v) is 8.67. The van der Waals surface area contributed by atoms with E-state index in [1.54, 1.807) is 42.9 Å². The number of rotatable bonds is 6. The Morgan fingerprint density at radius 3 is 2.52 bits per heavy atom. The van der Waals surface area contributed by atoms with E-state index in [-0.39, 0.29) is 12.4 Å². The van der Waals surface area contributed by atoms with E-state index in [1.165, 1.54) is 0 Å². The normalized spacial score (nSPS) is 10.6. The van der Waals surface area contributed by atoms with Crippen molar-refractivity contribution >= 4 is 29.1 Å². The van der Waals surface area contributed by atoms with E-state index < -0.39 is 5.91 Å². The molecule has 1 aromatic heterocycles. The van der Waals surface area contributed by atoms with Gasteiger partial charge in [0, 0.05) is 34.4 Å². The molecule has 3 N–H and O–H groups in total. The summed E-state index contributed by atoms with van der Waals surface area (Å²) in [4.78, 5) is 19.1. The SMILES string of the molecule is NC(=O)COc1cc(Cl)c(Cc2ccc(O)c(-c3cnccn3)c2)c(Cl)c1. The molecule has 0 saturated carbocycles. The highest BCUT2D eigenvalue weighted by Crippen LogP contribution is 2.34. The third-order valence-corrected chi connectivity index (χ3v) is 4.45. The summed E-state index contributed by atoms with van der Waals surface area (Å²) in [6, 6.07) is 8.33. The molecule has 6 nitrogen and oxygen atoms in total. The summed E-state index contributed by atoms with van der Waals surface area (Å²) in [6.07, 6.45) is 5.12. The number of phenolic OH excluding ortho intramolecular Hbond substituents is 1. The molecule has 0 fully saturated rings. The minimum atomic E-state index is -0.591. The summed E-state index contributed by atoms with van der Waals surface area (Å²) in [6.45, 7) is -0.258. The van der Waals surface area contributed by atoms with E-state index in [1.807, 2.05) is 6.07 Å². The average molecular weight is 404 g/mol. The number of nitrogens with zero attached hydrogens (tertiary/aromatic N) is 2. The van der Waals surface area contributed by atoms with Crippen molar-refractivity contribution in [3.8, 4) is 22.8 Å². The van der Waals surface area contributed by atoms with Crippen LogP contribution in [0.25, 0.3) is 11.3 Å². The van der Waals surface area contributed by atoms with Crippen LogP contribution < -0.4 is 10.5 Å². The van der Waals surface area contributed by atoms with Crippen LogP contribution in [0, 0.1) is 0 Å². The number of hydrogen-bond donors (Lipinski definition) is 2. The first kappa shape index (κ1) is 18.9. The molecule has 0 radical (unpaired) electrons. The number of hydrogen-bond acceptors (Lipinski definition) is 5. The van der Waals surface area contributed by atoms with Crippen LogP contribution in [-0.2, 0) is 11.2 Å². The predicted molar refractivity (Wildman–Crippen MR) is 103 cm³/mol. The molecular formula is C19H15Cl2N3O3. The second-order valence-corrected chi connectivity index (χ2v) is 6.55. The highest BCUT2D eigenvalue weighted by atomic mass is 35.5. The van der Waals surface area contributed by atoms with Gasteiger partial charge in [-0.3, -0.25) is 14.8 Å². The van der Waals surface area contributed by atoms with Crippen molar-refractivity contribution in [2.45, 2.75) is 6.42 Å². The number of ether oxygens (including phenoxy) is 1. The highest BCUT2D eigenvalue weighted by molar-refractivity contribution is 6.36. The Morgan fingerprint density at radius 1 is 1.15 bits per heavy atom. The van der Waals surface area contributed by atoms with Crippen LogP contribution in [0.5, 0.6) is 11.5 Å². The molecule has 138 valence electrons. The number of benzene rings is 2. The standard InChI is InChI=1S/C19H15Cl2N3O3/c20-15-7-12(27-10-19(22)26)8-16(21)13(15)5-11-1-2-18(25)14(6-11)17-9-23-3-4-24-17/h1-4,6-9,25H,5,10H2,(H2,22,26). The molecule has 3 aromatic rings. The summed E-state index contributed by atoms with van der Waals surface area (Å²) in [5.41, 5.74) is 7.76. The Bertz CT molecular complexity index is 958. The van der Waals surface area contributed by atoms with Gasteiger partial charge in [0.2, 0.25) is 0 Å². The summed E-state index contributed by atoms with van der Waals surface area (Å²) in [5, 5.41) is 10.9. The van der Waals surface area contributed by atoms with Gasteiger partial charge in [-0.1, -0.05) is 29.3 Å². The number of nitrogens with two attached hydrogens (primary N) is 1. The zero-order valence-electron chi connectivity index (χ0n) is 14.0. The summed E-state index contributed by atoms with van der Waals surface area (Å²) >= 11 is 12.7. The third-order valence-electron chi connectivity index (χ3n) is 3.78. The van der Waals surface area contributed by atoms with Gasteiger partial charge in [0.1, 0.15) is 11.5 Å². The van der Waals surface area contributed by atoms with Crippen molar-refractivity contribution in [2.75, 3.05) is 6.61 Å². The van der Waals surface area contributed by atoms with Crippen LogP contribution in [0.4, 0.5) is 0 Å². The van der Waals surface area contributed by atoms with Gasteiger partial charge in [-0.05, 0) is 35.4 Å². The Morgan fingerprint density at radius 2 is 1.89 bits per heavy atom. The van der Waals surface area contributed by atoms with E-state index in [0.29, 0.717) is 39.0 Å². The Balaban J connectivity index is 1.88. The van der Waals surface area contributed by atoms with E-state index in [9.17, 15) is 9.90 Å². The molecule has 0 aliphatic carbocycles. The quantitative estimate of drug-likeness (QED) is 0.654. The zero-order chi connectivity index (χ0) is 19.4. The lowest BCUT2D eigenvalue weighted by molar-refractivity contribution is -0.119. The van der Waals surface area contributed by atoms with Crippen molar-refractivity contribution in [3.63, 3.8) is 0 Å². The number of aromatic hydroxyl groups is 1. The minimum absolute atomic E-state index is 0.103. The first-order chi connectivity index (χ1) is 12.9. The number of halogens is 2. The van der Waals surface area contributed by atoms with Crippen molar-refractivity contribution in [1.82, 2.24) is 9.97 Å². The van der Waals surface area contributed by atoms with Crippen LogP contribution in [0.2, 0.25) is 10.0 Å². The maximum atomic E-state index is 10.8. The van der Waals surface area contributed by atoms with Gasteiger partial charge in [0.05, 0.1) is 11.9 Å². The second kappa shape index (κ2) is 8.24. The van der Waals surface area contributed by atoms with Gasteiger partial charge in [-0.25, -0.2) is 0 Å². The van der Waals surface area contributed by atoms with Crippen LogP contribution >= 0.6 is 23.2 Å². The maximum Gasteiger partial charge on any atom is 0.255 e. The van der Waals surface area contributed by atoms with Gasteiger partial charge in [-0.2, -0.15) is 0 Å². The van der Waals surface area contributed by atoms with E-state index in [0.717, 1.165) is 5.56 Å². The molecule has 0 aliphatic heterocycles. The number of carbonyl (C=O) groups is 1. The minimum Gasteiger partial charge on any atom is -0.507 e. The Kier molecular flexibility index (Phi) is 5.78. The smallest absolute Gasteiger partial charge is 0.255 e. The number of carbonyl (C=O) groups excluding carboxylic acids is 1. The van der Waals surface area contributed by atoms with Gasteiger partial charge in [0.25, 0.3) is 5.91 Å². The molecule has 8 heteroatoms. The molecule has 0 bridgehead atoms. The largest absolute Gasteiger partial charge is 0.507 e. The Hall–Kier alpha value is -2.83. The Labute approximate surface area is 165 Å². The fraction of sp³-hybridized carbons (Fsp3) is 0.105. The van der Waals surface area contributed by atoms with Crippen LogP contribution in [0.3, 0.4) is 0 Å². The lowest BCUT2D eigenvalue weighted by Crippen LogP contribution is -2.20. The summed E-state index contributed by atoms with van der Waals surface area (Å²) in [7, 11) is 0. The molecule has 0 unspecified atom stereocenters. The van der Waals surface area contributed by atoms with Gasteiger partial charge in [-0.15, -0.1) is 0 Å². The molecule has 0 saturated heterocycles. The number of phenols is 1. The van der Waals surface area contributed by atoms with Crippen molar-refractivity contribution in [3.05, 3.63) is 70.1 Å². The molecule has 0 spiro atoms. The number of aromatic nitrogens is 2. The molecule has 0 aliphatic rings. The van der Waals surface area contributed by atoms with E-state index in [2.05, 4.69) is 9.97 Å². The molecule has 3 rings (SSSR count). The molecule has 0 atom stereocenters. The number of amides is 1. The van der Waals surface area contributed by atoms with Crippen LogP contribution in [-0.4, -0.2) is 27.6 Å². The molecule has 1 amide bonds. The average Bonchev–Trinajstić information content (AvgIpc) is 2.65. The molecular weight excluding hydrogens is 389 g/mol. The fourth-order valence-corrected chi connectivity index (χ4v) is 3.13. The van der Waals surface area contributed by atoms with Crippen molar-refractivity contribution in [1.29, 1.82) is 0 Å². The van der Waals surface area contributed by atoms with Gasteiger partial charge >= 0.3 is 0 Å². The van der Waals surface area contributed by atoms with Gasteiger partial charge < -0.3 is 15.6 Å². The maximum absolute atomic E-state index is 10.8. The second-order valence-electron chi connectivity index (χ2n) is 5.74. The fourth-order valence-electron chi connectivity index (χ4n) is 2.53. The monoisotopic (exact) mass is 403 g/mol. The molecule has 1 heterocycles. The number of primary amides is 1. The van der Waals surface area contributed by atoms with E-state index >= 15 is 0 Å². The summed E-state index contributed by atoms with van der Waals surface area (Å²) in [5.74, 6) is -0.128. The lowest BCUT2D eigenvalue weighted by atomic mass is 10.0. The predicted octanol–water partition coefficient (Wildman–Crippen LogP) is 3.61. The zero-order valence-corrected chi connectivity index (χ0v) is 15.5. The van der Waals surface area contributed by atoms with Crippen LogP contribution in [0.1, 0.15) is 11.1 Å². The lowest BCUT2D eigenvalue weighted by Gasteiger charge is -2.12. The van der Waals surface area contributed by atoms with E-state index in [4.69, 9.17) is 33.7 Å². The van der Waals surface area contributed by atoms with Gasteiger partial charge in [0.15, 0.2) is 6.61 Å². The highest BCUT2D eigenvalue weighted by Gasteiger charge is 2.13. The van der Waals surface area contributed by atoms with Crippen molar-refractivity contribution in [2.24, 2.45) is 5.73 Å². The first-order valence-electron chi connectivity index (χ1n) is 7.91. The molecule has 2 aromatic carbocycles. The van der Waals surface area contributed by atoms with Crippen molar-refractivity contribution < 1.29 is 14.6 Å². The topological polar surface area (TPSA) is 98.3 Å². The summed E-state index contributed by atoms with van der Waals surface area (Å²) < 4.78 is 5.24.